The molecule has 0 bridgehead atoms. The molecule has 1 amide bonds. The molecular weight excluding hydrogens is 366 g/mol. The Kier molecular flexibility index (Phi) is 3.78. The van der Waals surface area contributed by atoms with E-state index in [0.29, 0.717) is 0 Å². The Morgan fingerprint density at radius 1 is 1.28 bits per heavy atom. The van der Waals surface area contributed by atoms with Crippen LogP contribution < -0.4 is 11.1 Å². The van der Waals surface area contributed by atoms with E-state index in [2.05, 4.69) is 30.5 Å². The van der Waals surface area contributed by atoms with Gasteiger partial charge in [-0.3, -0.25) is 9.20 Å². The third kappa shape index (κ3) is 2.90. The van der Waals surface area contributed by atoms with Crippen molar-refractivity contribution in [3.8, 4) is 5.82 Å². The number of hydrogen-bond acceptors (Lipinski definition) is 8. The maximum Gasteiger partial charge on any atom is 0.274 e. The van der Waals surface area contributed by atoms with E-state index in [1.807, 2.05) is 22.2 Å². The maximum atomic E-state index is 12.3. The molecule has 0 aliphatic heterocycles. The summed E-state index contributed by atoms with van der Waals surface area (Å²) in [6.45, 7) is 0.231. The Morgan fingerprint density at radius 2 is 2.08 bits per heavy atom. The summed E-state index contributed by atoms with van der Waals surface area (Å²) in [5, 5.41) is 12.4. The zero-order valence-corrected chi connectivity index (χ0v) is 14.1. The molecule has 126 valence electrons. The van der Waals surface area contributed by atoms with Crippen molar-refractivity contribution in [2.45, 2.75) is 6.54 Å². The van der Waals surface area contributed by atoms with Crippen LogP contribution in [0.25, 0.3) is 10.8 Å². The molecule has 0 radical (unpaired) electrons. The molecule has 12 heteroatoms. The number of nitrogens with two attached hydrogens (primary N) is 1. The predicted octanol–water partition coefficient (Wildman–Crippen LogP) is 0.932. The number of nitrogen functional groups attached to an aromatic ring is 1. The fourth-order valence-corrected chi connectivity index (χ4v) is 3.08. The van der Waals surface area contributed by atoms with E-state index in [1.54, 1.807) is 0 Å². The van der Waals surface area contributed by atoms with Crippen LogP contribution in [-0.4, -0.2) is 40.3 Å². The number of halogens is 1. The zero-order chi connectivity index (χ0) is 17.4. The first kappa shape index (κ1) is 15.5. The third-order valence-corrected chi connectivity index (χ3v) is 4.28. The molecule has 0 unspecified atom stereocenters. The van der Waals surface area contributed by atoms with Crippen LogP contribution >= 0.6 is 22.9 Å². The van der Waals surface area contributed by atoms with Crippen LogP contribution in [0.3, 0.4) is 0 Å². The molecule has 4 aromatic heterocycles. The van der Waals surface area contributed by atoms with Crippen molar-refractivity contribution >= 4 is 39.6 Å². The first-order valence-corrected chi connectivity index (χ1v) is 8.26. The fraction of sp³-hybridized carbons (Fsp3) is 0.0769. The number of carbonyl (C=O) groups excluding carboxylic acids is 1. The molecule has 10 nitrogen and oxygen atoms in total. The topological polar surface area (TPSA) is 129 Å². The van der Waals surface area contributed by atoms with E-state index >= 15 is 0 Å². The van der Waals surface area contributed by atoms with Crippen LogP contribution in [0.15, 0.2) is 30.2 Å². The number of imidazole rings is 1. The number of aromatic nitrogens is 7. The smallest absolute Gasteiger partial charge is 0.274 e. The van der Waals surface area contributed by atoms with Crippen LogP contribution in [0.4, 0.5) is 5.82 Å². The molecular formula is C13H10ClN9OS. The van der Waals surface area contributed by atoms with Crippen molar-refractivity contribution in [1.29, 1.82) is 0 Å². The van der Waals surface area contributed by atoms with E-state index in [0.717, 1.165) is 10.7 Å². The van der Waals surface area contributed by atoms with E-state index in [9.17, 15) is 4.79 Å². The summed E-state index contributed by atoms with van der Waals surface area (Å²) in [6, 6.07) is 0. The van der Waals surface area contributed by atoms with Crippen LogP contribution in [0.1, 0.15) is 16.2 Å². The quantitative estimate of drug-likeness (QED) is 0.542. The summed E-state index contributed by atoms with van der Waals surface area (Å²) >= 11 is 7.58. The number of thiazole rings is 1. The molecule has 4 aromatic rings. The highest BCUT2D eigenvalue weighted by molar-refractivity contribution is 7.15. The Labute approximate surface area is 149 Å². The summed E-state index contributed by atoms with van der Waals surface area (Å²) in [4.78, 5) is 26.8. The Hall–Kier alpha value is -3.05. The van der Waals surface area contributed by atoms with Gasteiger partial charge in [0.1, 0.15) is 0 Å². The molecule has 0 fully saturated rings. The van der Waals surface area contributed by atoms with Gasteiger partial charge in [-0.1, -0.05) is 11.6 Å². The number of nitrogens with zero attached hydrogens (tertiary/aromatic N) is 7. The lowest BCUT2D eigenvalue weighted by atomic mass is 10.3. The lowest BCUT2D eigenvalue weighted by Crippen LogP contribution is -2.26. The van der Waals surface area contributed by atoms with E-state index in [1.165, 1.54) is 28.5 Å². The Balaban J connectivity index is 1.53. The van der Waals surface area contributed by atoms with Crippen molar-refractivity contribution < 1.29 is 4.79 Å². The first-order valence-electron chi connectivity index (χ1n) is 7.01. The summed E-state index contributed by atoms with van der Waals surface area (Å²) in [5.41, 5.74) is 6.48. The monoisotopic (exact) mass is 375 g/mol. The van der Waals surface area contributed by atoms with Gasteiger partial charge in [-0.2, -0.15) is 10.2 Å². The standard InChI is InChI=1S/C13H10ClN9OS/c14-9-11(23-17-1-2-18-23)21-10(15)8(20-9)12(24)16-5-7-6-22-3-4-25-13(22)19-7/h1-4,6H,5H2,(H2,15,21)(H,16,24). The van der Waals surface area contributed by atoms with E-state index in [4.69, 9.17) is 17.3 Å². The van der Waals surface area contributed by atoms with Gasteiger partial charge in [0.15, 0.2) is 21.6 Å². The van der Waals surface area contributed by atoms with Crippen molar-refractivity contribution in [3.05, 3.63) is 46.7 Å². The van der Waals surface area contributed by atoms with Gasteiger partial charge >= 0.3 is 0 Å². The summed E-state index contributed by atoms with van der Waals surface area (Å²) in [5.74, 6) is -0.418. The lowest BCUT2D eigenvalue weighted by Gasteiger charge is -2.08. The summed E-state index contributed by atoms with van der Waals surface area (Å²) in [6.07, 6.45) is 6.65. The lowest BCUT2D eigenvalue weighted by molar-refractivity contribution is 0.0946. The molecule has 0 saturated carbocycles. The zero-order valence-electron chi connectivity index (χ0n) is 12.5. The van der Waals surface area contributed by atoms with Crippen LogP contribution in [-0.2, 0) is 6.54 Å². The third-order valence-electron chi connectivity index (χ3n) is 3.26. The van der Waals surface area contributed by atoms with Gasteiger partial charge < -0.3 is 11.1 Å². The average molecular weight is 376 g/mol. The van der Waals surface area contributed by atoms with Crippen LogP contribution in [0.2, 0.25) is 5.15 Å². The molecule has 3 N–H and O–H groups in total. The number of hydrogen-bond donors (Lipinski definition) is 2. The molecule has 4 rings (SSSR count). The maximum absolute atomic E-state index is 12.3. The Morgan fingerprint density at radius 3 is 2.84 bits per heavy atom. The molecule has 4 heterocycles. The number of fused-ring (bicyclic) bond motifs is 1. The second-order valence-electron chi connectivity index (χ2n) is 4.90. The fourth-order valence-electron chi connectivity index (χ4n) is 2.15. The van der Waals surface area contributed by atoms with Gasteiger partial charge in [-0.05, 0) is 0 Å². The van der Waals surface area contributed by atoms with Gasteiger partial charge in [0.2, 0.25) is 5.82 Å². The van der Waals surface area contributed by atoms with E-state index in [-0.39, 0.29) is 29.0 Å². The van der Waals surface area contributed by atoms with Crippen molar-refractivity contribution in [2.24, 2.45) is 0 Å². The summed E-state index contributed by atoms with van der Waals surface area (Å²) < 4.78 is 1.88. The van der Waals surface area contributed by atoms with Gasteiger partial charge in [0.25, 0.3) is 5.91 Å². The molecule has 0 aliphatic rings. The SMILES string of the molecule is Nc1nc(-n2nccn2)c(Cl)nc1C(=O)NCc1cn2ccsc2n1. The minimum Gasteiger partial charge on any atom is -0.382 e. The molecule has 25 heavy (non-hydrogen) atoms. The van der Waals surface area contributed by atoms with Crippen molar-refractivity contribution in [1.82, 2.24) is 39.7 Å². The number of nitrogens with one attached hydrogen (secondary N) is 1. The molecule has 0 aliphatic carbocycles. The minimum atomic E-state index is -0.497. The van der Waals surface area contributed by atoms with Crippen molar-refractivity contribution in [2.75, 3.05) is 5.73 Å². The number of amides is 1. The largest absolute Gasteiger partial charge is 0.382 e. The Bertz CT molecular complexity index is 1030. The average Bonchev–Trinajstić information content (AvgIpc) is 3.31. The van der Waals surface area contributed by atoms with Gasteiger partial charge in [-0.15, -0.1) is 16.1 Å². The second kappa shape index (κ2) is 6.11. The second-order valence-corrected chi connectivity index (χ2v) is 6.13. The summed E-state index contributed by atoms with van der Waals surface area (Å²) in [7, 11) is 0. The van der Waals surface area contributed by atoms with E-state index < -0.39 is 5.91 Å². The highest BCUT2D eigenvalue weighted by atomic mass is 35.5. The predicted molar refractivity (Wildman–Crippen MR) is 90.6 cm³/mol. The molecule has 0 saturated heterocycles. The highest BCUT2D eigenvalue weighted by Gasteiger charge is 2.18. The first-order chi connectivity index (χ1) is 12.1. The number of carbonyl (C=O) groups is 1. The normalized spacial score (nSPS) is 11.1. The van der Waals surface area contributed by atoms with Gasteiger partial charge in [-0.25, -0.2) is 15.0 Å². The van der Waals surface area contributed by atoms with Crippen molar-refractivity contribution in [3.63, 3.8) is 0 Å². The van der Waals surface area contributed by atoms with Gasteiger partial charge in [0.05, 0.1) is 24.6 Å². The number of anilines is 1. The van der Waals surface area contributed by atoms with Gasteiger partial charge in [0, 0.05) is 17.8 Å². The molecule has 0 spiro atoms. The highest BCUT2D eigenvalue weighted by Crippen LogP contribution is 2.18. The molecule has 0 atom stereocenters. The minimum absolute atomic E-state index is 0.0296. The number of rotatable bonds is 4. The van der Waals surface area contributed by atoms with Crippen LogP contribution in [0, 0.1) is 0 Å². The van der Waals surface area contributed by atoms with Crippen LogP contribution in [0.5, 0.6) is 0 Å². The molecule has 0 aromatic carbocycles.